The van der Waals surface area contributed by atoms with Crippen LogP contribution in [-0.2, 0) is 10.0 Å². The van der Waals surface area contributed by atoms with Gasteiger partial charge >= 0.3 is 0 Å². The summed E-state index contributed by atoms with van der Waals surface area (Å²) in [5.41, 5.74) is 0. The van der Waals surface area contributed by atoms with Crippen LogP contribution < -0.4 is 4.83 Å². The molecule has 0 fully saturated rings. The van der Waals surface area contributed by atoms with E-state index in [-0.39, 0.29) is 4.90 Å². The third-order valence-electron chi connectivity index (χ3n) is 1.49. The van der Waals surface area contributed by atoms with Crippen molar-refractivity contribution in [1.82, 2.24) is 9.84 Å². The first-order chi connectivity index (χ1) is 6.83. The zero-order chi connectivity index (χ0) is 11.6. The Morgan fingerprint density at radius 1 is 1.27 bits per heavy atom. The predicted octanol–water partition coefficient (Wildman–Crippen LogP) is 1.97. The number of hydrogen-bond donors (Lipinski definition) is 1. The highest BCUT2D eigenvalue weighted by Gasteiger charge is 2.18. The first kappa shape index (κ1) is 13.1. The largest absolute Gasteiger partial charge is 0.254 e. The van der Waals surface area contributed by atoms with Crippen LogP contribution in [-0.4, -0.2) is 27.5 Å². The third-order valence-corrected chi connectivity index (χ3v) is 4.46. The highest BCUT2D eigenvalue weighted by atomic mass is 79.9. The molecule has 0 aliphatic rings. The number of benzene rings is 1. The van der Waals surface area contributed by atoms with Crippen molar-refractivity contribution in [2.24, 2.45) is 0 Å². The van der Waals surface area contributed by atoms with E-state index in [0.717, 1.165) is 0 Å². The fraction of sp³-hybridized carbons (Fsp3) is 0.250. The lowest BCUT2D eigenvalue weighted by atomic mass is 10.4. The van der Waals surface area contributed by atoms with Gasteiger partial charge in [0.05, 0.1) is 4.90 Å². The SMILES string of the molecule is CN(C)NS(=O)(=O)c1cc(Br)ccc1Br. The number of nitrogens with zero attached hydrogens (tertiary/aromatic N) is 1. The molecule has 0 saturated carbocycles. The van der Waals surface area contributed by atoms with Crippen LogP contribution in [0.2, 0.25) is 0 Å². The summed E-state index contributed by atoms with van der Waals surface area (Å²) < 4.78 is 24.9. The van der Waals surface area contributed by atoms with Gasteiger partial charge in [0.25, 0.3) is 10.0 Å². The Hall–Kier alpha value is 0.0500. The Balaban J connectivity index is 3.21. The molecule has 0 unspecified atom stereocenters. The van der Waals surface area contributed by atoms with E-state index in [1.165, 1.54) is 11.1 Å². The first-order valence-electron chi connectivity index (χ1n) is 3.98. The maximum atomic E-state index is 11.8. The van der Waals surface area contributed by atoms with Crippen molar-refractivity contribution in [3.05, 3.63) is 27.1 Å². The molecule has 1 rings (SSSR count). The van der Waals surface area contributed by atoms with Gasteiger partial charge in [-0.3, -0.25) is 0 Å². The Morgan fingerprint density at radius 2 is 1.87 bits per heavy atom. The van der Waals surface area contributed by atoms with Crippen molar-refractivity contribution in [3.63, 3.8) is 0 Å². The van der Waals surface area contributed by atoms with Gasteiger partial charge in [0.1, 0.15) is 0 Å². The van der Waals surface area contributed by atoms with E-state index in [1.807, 2.05) is 0 Å². The second-order valence-electron chi connectivity index (χ2n) is 3.06. The highest BCUT2D eigenvalue weighted by molar-refractivity contribution is 9.11. The lowest BCUT2D eigenvalue weighted by Crippen LogP contribution is -2.36. The molecule has 0 radical (unpaired) electrons. The Morgan fingerprint density at radius 3 is 2.40 bits per heavy atom. The van der Waals surface area contributed by atoms with E-state index < -0.39 is 10.0 Å². The van der Waals surface area contributed by atoms with Crippen LogP contribution in [0.4, 0.5) is 0 Å². The minimum Gasteiger partial charge on any atom is -0.237 e. The maximum Gasteiger partial charge on any atom is 0.254 e. The quantitative estimate of drug-likeness (QED) is 0.841. The van der Waals surface area contributed by atoms with Gasteiger partial charge in [-0.05, 0) is 34.1 Å². The Bertz CT molecular complexity index is 460. The number of hydrazine groups is 1. The van der Waals surface area contributed by atoms with E-state index in [4.69, 9.17) is 0 Å². The predicted molar refractivity (Wildman–Crippen MR) is 65.9 cm³/mol. The first-order valence-corrected chi connectivity index (χ1v) is 7.04. The topological polar surface area (TPSA) is 49.4 Å². The van der Waals surface area contributed by atoms with Gasteiger partial charge in [-0.2, -0.15) is 0 Å². The number of rotatable bonds is 3. The van der Waals surface area contributed by atoms with Gasteiger partial charge < -0.3 is 0 Å². The van der Waals surface area contributed by atoms with E-state index in [1.54, 1.807) is 26.2 Å². The van der Waals surface area contributed by atoms with Gasteiger partial charge in [-0.25, -0.2) is 13.4 Å². The lowest BCUT2D eigenvalue weighted by molar-refractivity contribution is 0.364. The molecule has 0 saturated heterocycles. The molecule has 15 heavy (non-hydrogen) atoms. The van der Waals surface area contributed by atoms with Crippen LogP contribution in [0.5, 0.6) is 0 Å². The fourth-order valence-corrected chi connectivity index (χ4v) is 3.56. The highest BCUT2D eigenvalue weighted by Crippen LogP contribution is 2.25. The summed E-state index contributed by atoms with van der Waals surface area (Å²) in [4.78, 5) is 2.56. The van der Waals surface area contributed by atoms with Gasteiger partial charge in [-0.1, -0.05) is 15.9 Å². The van der Waals surface area contributed by atoms with Gasteiger partial charge in [-0.15, -0.1) is 4.83 Å². The van der Waals surface area contributed by atoms with Crippen molar-refractivity contribution < 1.29 is 8.42 Å². The summed E-state index contributed by atoms with van der Waals surface area (Å²) in [5.74, 6) is 0. The van der Waals surface area contributed by atoms with E-state index in [0.29, 0.717) is 8.95 Å². The molecule has 0 aliphatic carbocycles. The molecule has 0 aliphatic heterocycles. The molecule has 0 aromatic heterocycles. The summed E-state index contributed by atoms with van der Waals surface area (Å²) in [5, 5.41) is 1.38. The molecule has 0 amide bonds. The Kier molecular flexibility index (Phi) is 4.30. The van der Waals surface area contributed by atoms with Gasteiger partial charge in [0, 0.05) is 23.0 Å². The van der Waals surface area contributed by atoms with E-state index in [2.05, 4.69) is 36.7 Å². The van der Waals surface area contributed by atoms with Crippen molar-refractivity contribution in [2.45, 2.75) is 4.90 Å². The molecule has 0 heterocycles. The normalized spacial score (nSPS) is 12.1. The number of nitrogens with one attached hydrogen (secondary N) is 1. The molecule has 7 heteroatoms. The standard InChI is InChI=1S/C8H10Br2N2O2S/c1-12(2)11-15(13,14)8-5-6(9)3-4-7(8)10/h3-5,11H,1-2H3. The summed E-state index contributed by atoms with van der Waals surface area (Å²) in [6, 6.07) is 4.98. The van der Waals surface area contributed by atoms with E-state index in [9.17, 15) is 8.42 Å². The molecule has 1 aromatic carbocycles. The third kappa shape index (κ3) is 3.53. The number of halogens is 2. The summed E-state index contributed by atoms with van der Waals surface area (Å²) in [7, 11) is -0.285. The number of sulfonamides is 1. The summed E-state index contributed by atoms with van der Waals surface area (Å²) >= 11 is 6.43. The van der Waals surface area contributed by atoms with Crippen LogP contribution in [0.1, 0.15) is 0 Å². The zero-order valence-electron chi connectivity index (χ0n) is 8.16. The molecule has 4 nitrogen and oxygen atoms in total. The van der Waals surface area contributed by atoms with Gasteiger partial charge in [0.15, 0.2) is 0 Å². The minimum absolute atomic E-state index is 0.200. The lowest BCUT2D eigenvalue weighted by Gasteiger charge is -2.13. The summed E-state index contributed by atoms with van der Waals surface area (Å²) in [6.07, 6.45) is 0. The maximum absolute atomic E-state index is 11.8. The van der Waals surface area contributed by atoms with Crippen molar-refractivity contribution >= 4 is 41.9 Å². The molecule has 1 N–H and O–H groups in total. The summed E-state index contributed by atoms with van der Waals surface area (Å²) in [6.45, 7) is 0. The molecule has 0 bridgehead atoms. The minimum atomic E-state index is -3.51. The smallest absolute Gasteiger partial charge is 0.237 e. The Labute approximate surface area is 106 Å². The van der Waals surface area contributed by atoms with Gasteiger partial charge in [0.2, 0.25) is 0 Å². The molecular weight excluding hydrogens is 348 g/mol. The zero-order valence-corrected chi connectivity index (χ0v) is 12.1. The molecule has 1 aromatic rings. The molecule has 0 spiro atoms. The van der Waals surface area contributed by atoms with Crippen LogP contribution in [0, 0.1) is 0 Å². The van der Waals surface area contributed by atoms with Crippen LogP contribution >= 0.6 is 31.9 Å². The average Bonchev–Trinajstić information content (AvgIpc) is 2.06. The molecule has 84 valence electrons. The van der Waals surface area contributed by atoms with Crippen molar-refractivity contribution in [2.75, 3.05) is 14.1 Å². The average molecular weight is 358 g/mol. The van der Waals surface area contributed by atoms with Crippen LogP contribution in [0.25, 0.3) is 0 Å². The fourth-order valence-electron chi connectivity index (χ4n) is 0.973. The second-order valence-corrected chi connectivity index (χ2v) is 6.46. The molecular formula is C8H10Br2N2O2S. The number of hydrogen-bond acceptors (Lipinski definition) is 3. The van der Waals surface area contributed by atoms with Crippen LogP contribution in [0.3, 0.4) is 0 Å². The van der Waals surface area contributed by atoms with Crippen molar-refractivity contribution in [3.8, 4) is 0 Å². The van der Waals surface area contributed by atoms with Crippen molar-refractivity contribution in [1.29, 1.82) is 0 Å². The van der Waals surface area contributed by atoms with Crippen LogP contribution in [0.15, 0.2) is 32.0 Å². The monoisotopic (exact) mass is 356 g/mol. The molecule has 0 atom stereocenters. The second kappa shape index (κ2) is 4.92. The van der Waals surface area contributed by atoms with E-state index >= 15 is 0 Å².